The molecule has 0 aliphatic rings. The molecule has 2 rings (SSSR count). The first-order valence-electron chi connectivity index (χ1n) is 8.45. The molecule has 0 saturated heterocycles. The van der Waals surface area contributed by atoms with Crippen LogP contribution in [0.5, 0.6) is 17.2 Å². The molecule has 2 aromatic carbocycles. The zero-order valence-electron chi connectivity index (χ0n) is 15.6. The molecule has 26 heavy (non-hydrogen) atoms. The minimum Gasteiger partial charge on any atom is -0.494 e. The number of amides is 1. The van der Waals surface area contributed by atoms with E-state index in [1.165, 1.54) is 11.8 Å². The lowest BCUT2D eigenvalue weighted by atomic mass is 10.2. The van der Waals surface area contributed by atoms with Gasteiger partial charge in [0.1, 0.15) is 5.75 Å². The Balaban J connectivity index is 1.92. The molecule has 0 unspecified atom stereocenters. The average molecular weight is 375 g/mol. The number of thioether (sulfide) groups is 1. The SMILES string of the molecule is CCOc1cccc(CNC(=O)[C@H](C)Sc2ccc(OC)c(OC)c2)c1. The molecule has 1 N–H and O–H groups in total. The summed E-state index contributed by atoms with van der Waals surface area (Å²) in [6.07, 6.45) is 0. The number of ether oxygens (including phenoxy) is 3. The fourth-order valence-electron chi connectivity index (χ4n) is 2.39. The Morgan fingerprint density at radius 2 is 1.88 bits per heavy atom. The first kappa shape index (κ1) is 20.0. The highest BCUT2D eigenvalue weighted by Crippen LogP contribution is 2.33. The van der Waals surface area contributed by atoms with Gasteiger partial charge < -0.3 is 19.5 Å². The van der Waals surface area contributed by atoms with Crippen molar-refractivity contribution < 1.29 is 19.0 Å². The van der Waals surface area contributed by atoms with E-state index in [1.54, 1.807) is 14.2 Å². The summed E-state index contributed by atoms with van der Waals surface area (Å²) in [4.78, 5) is 13.3. The standard InChI is InChI=1S/C20H25NO4S/c1-5-25-16-8-6-7-15(11-16)13-21-20(22)14(2)26-17-9-10-18(23-3)19(12-17)24-4/h6-12,14H,5,13H2,1-4H3,(H,21,22)/t14-/m0/s1. The number of methoxy groups -OCH3 is 2. The van der Waals surface area contributed by atoms with Gasteiger partial charge in [0.05, 0.1) is 26.1 Å². The van der Waals surface area contributed by atoms with Gasteiger partial charge in [-0.05, 0) is 49.7 Å². The number of hydrogen-bond donors (Lipinski definition) is 1. The van der Waals surface area contributed by atoms with E-state index in [1.807, 2.05) is 56.3 Å². The third-order valence-corrected chi connectivity index (χ3v) is 4.81. The molecule has 0 radical (unpaired) electrons. The number of hydrogen-bond acceptors (Lipinski definition) is 5. The molecule has 0 saturated carbocycles. The van der Waals surface area contributed by atoms with Crippen LogP contribution in [0.4, 0.5) is 0 Å². The van der Waals surface area contributed by atoms with Crippen LogP contribution >= 0.6 is 11.8 Å². The predicted molar refractivity (Wildman–Crippen MR) is 104 cm³/mol. The lowest BCUT2D eigenvalue weighted by molar-refractivity contribution is -0.120. The molecule has 0 heterocycles. The molecule has 6 heteroatoms. The third-order valence-electron chi connectivity index (χ3n) is 3.71. The van der Waals surface area contributed by atoms with Gasteiger partial charge in [-0.3, -0.25) is 4.79 Å². The fraction of sp³-hybridized carbons (Fsp3) is 0.350. The maximum Gasteiger partial charge on any atom is 0.233 e. The zero-order chi connectivity index (χ0) is 18.9. The van der Waals surface area contributed by atoms with E-state index < -0.39 is 0 Å². The minimum atomic E-state index is -0.233. The zero-order valence-corrected chi connectivity index (χ0v) is 16.4. The smallest absolute Gasteiger partial charge is 0.233 e. The molecular formula is C20H25NO4S. The molecule has 0 spiro atoms. The molecule has 1 atom stereocenters. The normalized spacial score (nSPS) is 11.5. The highest BCUT2D eigenvalue weighted by atomic mass is 32.2. The van der Waals surface area contributed by atoms with Crippen LogP contribution in [0.25, 0.3) is 0 Å². The maximum atomic E-state index is 12.4. The summed E-state index contributed by atoms with van der Waals surface area (Å²) in [6, 6.07) is 13.4. The van der Waals surface area contributed by atoms with Crippen LogP contribution < -0.4 is 19.5 Å². The van der Waals surface area contributed by atoms with E-state index in [0.29, 0.717) is 24.7 Å². The lowest BCUT2D eigenvalue weighted by Gasteiger charge is -2.14. The Morgan fingerprint density at radius 1 is 1.12 bits per heavy atom. The van der Waals surface area contributed by atoms with E-state index in [-0.39, 0.29) is 11.2 Å². The summed E-state index contributed by atoms with van der Waals surface area (Å²) in [7, 11) is 3.19. The number of carbonyl (C=O) groups is 1. The van der Waals surface area contributed by atoms with Gasteiger partial charge >= 0.3 is 0 Å². The van der Waals surface area contributed by atoms with Gasteiger partial charge in [0.25, 0.3) is 0 Å². The Morgan fingerprint density at radius 3 is 2.58 bits per heavy atom. The Hall–Kier alpha value is -2.34. The van der Waals surface area contributed by atoms with Crippen LogP contribution in [-0.4, -0.2) is 32.0 Å². The topological polar surface area (TPSA) is 56.8 Å². The van der Waals surface area contributed by atoms with Crippen LogP contribution in [0, 0.1) is 0 Å². The summed E-state index contributed by atoms with van der Waals surface area (Å²) in [6.45, 7) is 4.92. The first-order chi connectivity index (χ1) is 12.6. The number of carbonyl (C=O) groups excluding carboxylic acids is 1. The van der Waals surface area contributed by atoms with Crippen molar-refractivity contribution in [2.75, 3.05) is 20.8 Å². The van der Waals surface area contributed by atoms with Crippen LogP contribution in [0.1, 0.15) is 19.4 Å². The molecule has 1 amide bonds. The van der Waals surface area contributed by atoms with Crippen molar-refractivity contribution in [2.45, 2.75) is 30.5 Å². The van der Waals surface area contributed by atoms with E-state index in [2.05, 4.69) is 5.32 Å². The van der Waals surface area contributed by atoms with Gasteiger partial charge in [-0.2, -0.15) is 0 Å². The number of rotatable bonds is 9. The monoisotopic (exact) mass is 375 g/mol. The molecule has 0 bridgehead atoms. The van der Waals surface area contributed by atoms with Crippen molar-refractivity contribution in [3.8, 4) is 17.2 Å². The molecule has 0 aliphatic carbocycles. The van der Waals surface area contributed by atoms with Crippen LogP contribution in [0.3, 0.4) is 0 Å². The van der Waals surface area contributed by atoms with Crippen molar-refractivity contribution in [1.29, 1.82) is 0 Å². The van der Waals surface area contributed by atoms with Crippen molar-refractivity contribution in [3.63, 3.8) is 0 Å². The van der Waals surface area contributed by atoms with Crippen LogP contribution in [0.2, 0.25) is 0 Å². The summed E-state index contributed by atoms with van der Waals surface area (Å²) in [5.41, 5.74) is 1.01. The maximum absolute atomic E-state index is 12.4. The molecule has 0 fully saturated rings. The van der Waals surface area contributed by atoms with Gasteiger partial charge in [0.2, 0.25) is 5.91 Å². The number of benzene rings is 2. The van der Waals surface area contributed by atoms with E-state index in [0.717, 1.165) is 16.2 Å². The first-order valence-corrected chi connectivity index (χ1v) is 9.33. The van der Waals surface area contributed by atoms with Crippen molar-refractivity contribution >= 4 is 17.7 Å². The number of nitrogens with one attached hydrogen (secondary N) is 1. The van der Waals surface area contributed by atoms with Gasteiger partial charge in [-0.25, -0.2) is 0 Å². The second-order valence-corrected chi connectivity index (χ2v) is 6.99. The summed E-state index contributed by atoms with van der Waals surface area (Å²) >= 11 is 1.47. The molecule has 0 aliphatic heterocycles. The minimum absolute atomic E-state index is 0.0217. The van der Waals surface area contributed by atoms with Crippen molar-refractivity contribution in [2.24, 2.45) is 0 Å². The van der Waals surface area contributed by atoms with Gasteiger partial charge in [-0.1, -0.05) is 12.1 Å². The lowest BCUT2D eigenvalue weighted by Crippen LogP contribution is -2.30. The Labute approximate surface area is 159 Å². The predicted octanol–water partition coefficient (Wildman–Crippen LogP) is 3.90. The van der Waals surface area contributed by atoms with Crippen molar-refractivity contribution in [1.82, 2.24) is 5.32 Å². The van der Waals surface area contributed by atoms with E-state index in [9.17, 15) is 4.79 Å². The van der Waals surface area contributed by atoms with Gasteiger partial charge in [0.15, 0.2) is 11.5 Å². The summed E-state index contributed by atoms with van der Waals surface area (Å²) < 4.78 is 16.0. The molecular weight excluding hydrogens is 350 g/mol. The molecule has 5 nitrogen and oxygen atoms in total. The van der Waals surface area contributed by atoms with E-state index in [4.69, 9.17) is 14.2 Å². The molecule has 2 aromatic rings. The Kier molecular flexibility index (Phi) is 7.66. The van der Waals surface area contributed by atoms with Crippen LogP contribution in [-0.2, 0) is 11.3 Å². The summed E-state index contributed by atoms with van der Waals surface area (Å²) in [5.74, 6) is 2.11. The quantitative estimate of drug-likeness (QED) is 0.674. The highest BCUT2D eigenvalue weighted by Gasteiger charge is 2.15. The third kappa shape index (κ3) is 5.59. The summed E-state index contributed by atoms with van der Waals surface area (Å²) in [5, 5.41) is 2.74. The van der Waals surface area contributed by atoms with Gasteiger partial charge in [-0.15, -0.1) is 11.8 Å². The molecule has 0 aromatic heterocycles. The largest absolute Gasteiger partial charge is 0.494 e. The molecule has 140 valence electrons. The second-order valence-electron chi connectivity index (χ2n) is 5.58. The Bertz CT molecular complexity index is 736. The fourth-order valence-corrected chi connectivity index (χ4v) is 3.31. The second kappa shape index (κ2) is 9.97. The average Bonchev–Trinajstić information content (AvgIpc) is 2.66. The van der Waals surface area contributed by atoms with Gasteiger partial charge in [0, 0.05) is 11.4 Å². The van der Waals surface area contributed by atoms with Crippen molar-refractivity contribution in [3.05, 3.63) is 48.0 Å². The van der Waals surface area contributed by atoms with E-state index >= 15 is 0 Å². The van der Waals surface area contributed by atoms with Crippen LogP contribution in [0.15, 0.2) is 47.4 Å². The highest BCUT2D eigenvalue weighted by molar-refractivity contribution is 8.00.